The van der Waals surface area contributed by atoms with Gasteiger partial charge in [-0.3, -0.25) is 14.9 Å². The SMILES string of the molecule is CC(C)[Si](OC1=C(c2ccccc2)[C@H](NC(=O)/C=C/c2ccc([N+](=O)[O-])cc2)CCC1)(C(C)C)C(C)C. The Morgan fingerprint density at radius 3 is 2.14 bits per heavy atom. The number of nitro benzene ring substituents is 1. The van der Waals surface area contributed by atoms with Crippen LogP contribution in [-0.2, 0) is 9.22 Å². The van der Waals surface area contributed by atoms with E-state index in [1.165, 1.54) is 18.2 Å². The van der Waals surface area contributed by atoms with Gasteiger partial charge in [-0.25, -0.2) is 0 Å². The van der Waals surface area contributed by atoms with Crippen molar-refractivity contribution in [3.63, 3.8) is 0 Å². The van der Waals surface area contributed by atoms with Crippen molar-refractivity contribution in [2.75, 3.05) is 0 Å². The van der Waals surface area contributed by atoms with Gasteiger partial charge in [0.05, 0.1) is 16.7 Å². The van der Waals surface area contributed by atoms with E-state index < -0.39 is 13.2 Å². The summed E-state index contributed by atoms with van der Waals surface area (Å²) in [6.07, 6.45) is 5.83. The number of carbonyl (C=O) groups is 1. The summed E-state index contributed by atoms with van der Waals surface area (Å²) in [6, 6.07) is 16.2. The van der Waals surface area contributed by atoms with Gasteiger partial charge in [-0.1, -0.05) is 71.9 Å². The molecule has 0 bridgehead atoms. The molecule has 0 saturated heterocycles. The molecule has 1 aliphatic carbocycles. The van der Waals surface area contributed by atoms with Gasteiger partial charge in [0, 0.05) is 30.2 Å². The molecular weight excluding hydrogens is 480 g/mol. The fraction of sp³-hybridized carbons (Fsp3) is 0.433. The molecule has 0 heterocycles. The summed E-state index contributed by atoms with van der Waals surface area (Å²) in [5, 5.41) is 14.1. The molecule has 1 N–H and O–H groups in total. The van der Waals surface area contributed by atoms with E-state index in [-0.39, 0.29) is 17.6 Å². The standard InChI is InChI=1S/C30H40N2O4Si/c1-21(2)37(22(3)4,23(5)6)36-28-14-10-13-27(30(28)25-11-8-7-9-12-25)31-29(33)20-17-24-15-18-26(19-16-24)32(34)35/h7-9,11-12,15-23,27H,10,13-14H2,1-6H3,(H,31,33)/b20-17+/t27-/m1/s1. The first-order chi connectivity index (χ1) is 17.6. The fourth-order valence-corrected chi connectivity index (χ4v) is 11.2. The summed E-state index contributed by atoms with van der Waals surface area (Å²) < 4.78 is 7.20. The van der Waals surface area contributed by atoms with E-state index in [0.717, 1.165) is 41.7 Å². The highest BCUT2D eigenvalue weighted by Gasteiger charge is 2.48. The number of nitro groups is 1. The van der Waals surface area contributed by atoms with Crippen LogP contribution >= 0.6 is 0 Å². The van der Waals surface area contributed by atoms with Crippen LogP contribution in [0.2, 0.25) is 16.6 Å². The van der Waals surface area contributed by atoms with Gasteiger partial charge >= 0.3 is 0 Å². The highest BCUT2D eigenvalue weighted by molar-refractivity contribution is 6.78. The summed E-state index contributed by atoms with van der Waals surface area (Å²) >= 11 is 0. The molecular formula is C30H40N2O4Si. The van der Waals surface area contributed by atoms with Crippen LogP contribution in [0.25, 0.3) is 11.6 Å². The smallest absolute Gasteiger partial charge is 0.269 e. The molecule has 0 spiro atoms. The van der Waals surface area contributed by atoms with Gasteiger partial charge in [-0.05, 0) is 58.8 Å². The van der Waals surface area contributed by atoms with Crippen LogP contribution in [0.15, 0.2) is 66.4 Å². The largest absolute Gasteiger partial charge is 0.545 e. The number of hydrogen-bond acceptors (Lipinski definition) is 4. The molecule has 1 amide bonds. The molecule has 198 valence electrons. The Balaban J connectivity index is 1.93. The van der Waals surface area contributed by atoms with Gasteiger partial charge in [-0.2, -0.15) is 0 Å². The van der Waals surface area contributed by atoms with Gasteiger partial charge in [-0.15, -0.1) is 0 Å². The van der Waals surface area contributed by atoms with Crippen LogP contribution in [0.4, 0.5) is 5.69 Å². The molecule has 1 atom stereocenters. The Morgan fingerprint density at radius 1 is 1.00 bits per heavy atom. The van der Waals surface area contributed by atoms with Crippen LogP contribution in [0.1, 0.15) is 71.9 Å². The molecule has 0 fully saturated rings. The summed E-state index contributed by atoms with van der Waals surface area (Å²) in [7, 11) is -2.16. The Morgan fingerprint density at radius 2 is 1.59 bits per heavy atom. The van der Waals surface area contributed by atoms with E-state index in [4.69, 9.17) is 4.43 Å². The Bertz CT molecular complexity index is 1120. The molecule has 37 heavy (non-hydrogen) atoms. The summed E-state index contributed by atoms with van der Waals surface area (Å²) in [6.45, 7) is 13.8. The highest BCUT2D eigenvalue weighted by atomic mass is 28.4. The lowest BCUT2D eigenvalue weighted by molar-refractivity contribution is -0.384. The predicted octanol–water partition coefficient (Wildman–Crippen LogP) is 7.88. The van der Waals surface area contributed by atoms with E-state index in [1.54, 1.807) is 18.2 Å². The van der Waals surface area contributed by atoms with Crippen molar-refractivity contribution >= 4 is 31.6 Å². The lowest BCUT2D eigenvalue weighted by Gasteiger charge is -2.44. The number of hydrogen-bond donors (Lipinski definition) is 1. The predicted molar refractivity (Wildman–Crippen MR) is 153 cm³/mol. The molecule has 6 nitrogen and oxygen atoms in total. The first-order valence-electron chi connectivity index (χ1n) is 13.3. The van der Waals surface area contributed by atoms with Crippen LogP contribution in [-0.4, -0.2) is 25.2 Å². The van der Waals surface area contributed by atoms with E-state index in [2.05, 4.69) is 59.0 Å². The number of benzene rings is 2. The quantitative estimate of drug-likeness (QED) is 0.149. The first kappa shape index (κ1) is 28.4. The van der Waals surface area contributed by atoms with E-state index in [9.17, 15) is 14.9 Å². The second-order valence-electron chi connectivity index (χ2n) is 10.8. The lowest BCUT2D eigenvalue weighted by Crippen LogP contribution is -2.48. The number of nitrogens with one attached hydrogen (secondary N) is 1. The maximum Gasteiger partial charge on any atom is 0.269 e. The number of carbonyl (C=O) groups excluding carboxylic acids is 1. The van der Waals surface area contributed by atoms with Crippen LogP contribution < -0.4 is 5.32 Å². The topological polar surface area (TPSA) is 81.5 Å². The Kier molecular flexibility index (Phi) is 9.48. The maximum absolute atomic E-state index is 13.0. The monoisotopic (exact) mass is 520 g/mol. The molecule has 0 aromatic heterocycles. The molecule has 7 heteroatoms. The second kappa shape index (κ2) is 12.4. The molecule has 2 aromatic rings. The Labute approximate surface area is 222 Å². The average Bonchev–Trinajstić information content (AvgIpc) is 2.86. The van der Waals surface area contributed by atoms with Crippen molar-refractivity contribution in [1.82, 2.24) is 5.32 Å². The van der Waals surface area contributed by atoms with Crippen LogP contribution in [0.3, 0.4) is 0 Å². The van der Waals surface area contributed by atoms with Crippen molar-refractivity contribution in [2.24, 2.45) is 0 Å². The summed E-state index contributed by atoms with van der Waals surface area (Å²) in [5.41, 5.74) is 4.29. The second-order valence-corrected chi connectivity index (χ2v) is 16.1. The van der Waals surface area contributed by atoms with Crippen molar-refractivity contribution < 1.29 is 14.1 Å². The minimum absolute atomic E-state index is 0.0257. The van der Waals surface area contributed by atoms with Gasteiger partial charge < -0.3 is 9.74 Å². The minimum Gasteiger partial charge on any atom is -0.545 e. The molecule has 1 aliphatic rings. The van der Waals surface area contributed by atoms with Gasteiger partial charge in [0.1, 0.15) is 0 Å². The third-order valence-corrected chi connectivity index (χ3v) is 13.5. The number of allylic oxidation sites excluding steroid dienone is 1. The van der Waals surface area contributed by atoms with Crippen LogP contribution in [0.5, 0.6) is 0 Å². The van der Waals surface area contributed by atoms with Gasteiger partial charge in [0.2, 0.25) is 5.91 Å². The number of amides is 1. The zero-order valence-electron chi connectivity index (χ0n) is 22.9. The van der Waals surface area contributed by atoms with E-state index >= 15 is 0 Å². The van der Waals surface area contributed by atoms with Gasteiger partial charge in [0.15, 0.2) is 0 Å². The van der Waals surface area contributed by atoms with E-state index in [0.29, 0.717) is 16.6 Å². The number of non-ortho nitro benzene ring substituents is 1. The lowest BCUT2D eigenvalue weighted by atomic mass is 9.87. The molecule has 0 unspecified atom stereocenters. The van der Waals surface area contributed by atoms with E-state index in [1.807, 2.05) is 18.2 Å². The van der Waals surface area contributed by atoms with Gasteiger partial charge in [0.25, 0.3) is 14.0 Å². The summed E-state index contributed by atoms with van der Waals surface area (Å²) in [4.78, 5) is 23.4. The highest BCUT2D eigenvalue weighted by Crippen LogP contribution is 2.46. The Hall–Kier alpha value is -3.19. The zero-order valence-corrected chi connectivity index (χ0v) is 23.9. The van der Waals surface area contributed by atoms with Crippen molar-refractivity contribution in [3.8, 4) is 0 Å². The van der Waals surface area contributed by atoms with Crippen molar-refractivity contribution in [3.05, 3.63) is 87.7 Å². The third kappa shape index (κ3) is 6.58. The summed E-state index contributed by atoms with van der Waals surface area (Å²) in [5.74, 6) is 0.836. The van der Waals surface area contributed by atoms with Crippen molar-refractivity contribution in [2.45, 2.75) is 83.5 Å². The van der Waals surface area contributed by atoms with Crippen LogP contribution in [0, 0.1) is 10.1 Å². The molecule has 0 saturated carbocycles. The first-order valence-corrected chi connectivity index (χ1v) is 15.4. The zero-order chi connectivity index (χ0) is 27.2. The number of nitrogens with zero attached hydrogens (tertiary/aromatic N) is 1. The fourth-order valence-electron chi connectivity index (χ4n) is 5.84. The molecule has 0 aliphatic heterocycles. The maximum atomic E-state index is 13.0. The molecule has 0 radical (unpaired) electrons. The third-order valence-electron chi connectivity index (χ3n) is 7.48. The number of rotatable bonds is 10. The van der Waals surface area contributed by atoms with Crippen molar-refractivity contribution in [1.29, 1.82) is 0 Å². The molecule has 3 rings (SSSR count). The average molecular weight is 521 g/mol. The minimum atomic E-state index is -2.16. The molecule has 2 aromatic carbocycles. The normalized spacial score (nSPS) is 16.6.